The first-order valence-electron chi connectivity index (χ1n) is 4.42. The van der Waals surface area contributed by atoms with Crippen molar-refractivity contribution in [2.45, 2.75) is 6.42 Å². The fourth-order valence-corrected chi connectivity index (χ4v) is 2.20. The summed E-state index contributed by atoms with van der Waals surface area (Å²) in [5.41, 5.74) is 0.542. The molecule has 0 N–H and O–H groups in total. The third-order valence-electron chi connectivity index (χ3n) is 1.99. The van der Waals surface area contributed by atoms with Crippen LogP contribution < -0.4 is 0 Å². The zero-order valence-corrected chi connectivity index (χ0v) is 9.39. The molecule has 0 aliphatic rings. The smallest absolute Gasteiger partial charge is 0.169 e. The van der Waals surface area contributed by atoms with Crippen LogP contribution in [-0.4, -0.2) is 10.8 Å². The van der Waals surface area contributed by atoms with Gasteiger partial charge < -0.3 is 0 Å². The van der Waals surface area contributed by atoms with Crippen LogP contribution in [0, 0.1) is 0 Å². The summed E-state index contributed by atoms with van der Waals surface area (Å²) in [6, 6.07) is 5.53. The van der Waals surface area contributed by atoms with Crippen LogP contribution in [0.4, 0.5) is 0 Å². The first-order chi connectivity index (χ1) is 7.27. The molecule has 2 aromatic heterocycles. The van der Waals surface area contributed by atoms with E-state index in [1.54, 1.807) is 23.6 Å². The number of ketones is 1. The number of Topliss-reactive ketones (excluding diaryl/α,β-unsaturated/α-hetero) is 1. The molecule has 0 unspecified atom stereocenters. The molecule has 0 spiro atoms. The zero-order valence-electron chi connectivity index (χ0n) is 7.81. The van der Waals surface area contributed by atoms with E-state index in [1.807, 2.05) is 17.5 Å². The van der Waals surface area contributed by atoms with Crippen LogP contribution >= 0.6 is 22.9 Å². The molecule has 0 saturated heterocycles. The molecule has 0 atom stereocenters. The average Bonchev–Trinajstić information content (AvgIpc) is 2.71. The fourth-order valence-electron chi connectivity index (χ4n) is 1.27. The standard InChI is InChI=1S/C11H8ClNOS/c12-10-7-13-4-3-9(10)11(14)6-8-2-1-5-15-8/h1-5,7H,6H2. The highest BCUT2D eigenvalue weighted by molar-refractivity contribution is 7.10. The Morgan fingerprint density at radius 1 is 1.47 bits per heavy atom. The lowest BCUT2D eigenvalue weighted by atomic mass is 10.1. The molecule has 2 nitrogen and oxygen atoms in total. The molecule has 0 aromatic carbocycles. The molecular weight excluding hydrogens is 230 g/mol. The number of halogens is 1. The van der Waals surface area contributed by atoms with Crippen LogP contribution in [0.15, 0.2) is 36.0 Å². The Morgan fingerprint density at radius 3 is 3.00 bits per heavy atom. The summed E-state index contributed by atoms with van der Waals surface area (Å²) in [7, 11) is 0. The molecule has 0 radical (unpaired) electrons. The number of carbonyl (C=O) groups is 1. The van der Waals surface area contributed by atoms with E-state index < -0.39 is 0 Å². The van der Waals surface area contributed by atoms with Crippen molar-refractivity contribution in [3.05, 3.63) is 51.4 Å². The van der Waals surface area contributed by atoms with Gasteiger partial charge in [0.05, 0.1) is 5.02 Å². The molecule has 2 heterocycles. The Hall–Kier alpha value is -1.19. The quantitative estimate of drug-likeness (QED) is 0.768. The Balaban J connectivity index is 2.19. The Bertz CT molecular complexity index is 467. The molecule has 0 aliphatic carbocycles. The minimum absolute atomic E-state index is 0.0323. The van der Waals surface area contributed by atoms with Crippen molar-refractivity contribution < 1.29 is 4.79 Å². The van der Waals surface area contributed by atoms with E-state index in [2.05, 4.69) is 4.98 Å². The first kappa shape index (κ1) is 10.3. The van der Waals surface area contributed by atoms with Crippen molar-refractivity contribution in [1.82, 2.24) is 4.98 Å². The van der Waals surface area contributed by atoms with E-state index in [9.17, 15) is 4.79 Å². The van der Waals surface area contributed by atoms with Crippen molar-refractivity contribution in [2.75, 3.05) is 0 Å². The van der Waals surface area contributed by atoms with Gasteiger partial charge in [-0.1, -0.05) is 17.7 Å². The van der Waals surface area contributed by atoms with Crippen LogP contribution in [0.5, 0.6) is 0 Å². The molecule has 0 saturated carbocycles. The maximum absolute atomic E-state index is 11.8. The monoisotopic (exact) mass is 237 g/mol. The van der Waals surface area contributed by atoms with Crippen molar-refractivity contribution in [1.29, 1.82) is 0 Å². The highest BCUT2D eigenvalue weighted by atomic mass is 35.5. The molecule has 15 heavy (non-hydrogen) atoms. The van der Waals surface area contributed by atoms with Crippen LogP contribution in [-0.2, 0) is 6.42 Å². The molecule has 0 aliphatic heterocycles. The summed E-state index contributed by atoms with van der Waals surface area (Å²) in [5.74, 6) is 0.0323. The number of hydrogen-bond donors (Lipinski definition) is 0. The third-order valence-corrected chi connectivity index (χ3v) is 3.17. The summed E-state index contributed by atoms with van der Waals surface area (Å²) in [5, 5.41) is 2.37. The summed E-state index contributed by atoms with van der Waals surface area (Å²) in [6.07, 6.45) is 3.47. The molecule has 2 aromatic rings. The van der Waals surface area contributed by atoms with E-state index in [0.717, 1.165) is 4.88 Å². The minimum atomic E-state index is 0.0323. The summed E-state index contributed by atoms with van der Waals surface area (Å²) >= 11 is 7.45. The molecule has 2 rings (SSSR count). The average molecular weight is 238 g/mol. The third kappa shape index (κ3) is 2.43. The van der Waals surface area contributed by atoms with Gasteiger partial charge in [0.1, 0.15) is 0 Å². The second kappa shape index (κ2) is 4.55. The fraction of sp³-hybridized carbons (Fsp3) is 0.0909. The molecule has 0 amide bonds. The molecule has 4 heteroatoms. The number of nitrogens with zero attached hydrogens (tertiary/aromatic N) is 1. The molecular formula is C11H8ClNOS. The Morgan fingerprint density at radius 2 is 2.33 bits per heavy atom. The highest BCUT2D eigenvalue weighted by Crippen LogP contribution is 2.18. The Kier molecular flexibility index (Phi) is 3.14. The maximum atomic E-state index is 11.8. The van der Waals surface area contributed by atoms with Gasteiger partial charge in [-0.25, -0.2) is 0 Å². The lowest BCUT2D eigenvalue weighted by Crippen LogP contribution is -2.03. The van der Waals surface area contributed by atoms with E-state index in [0.29, 0.717) is 17.0 Å². The van der Waals surface area contributed by atoms with Crippen molar-refractivity contribution in [3.8, 4) is 0 Å². The number of hydrogen-bond acceptors (Lipinski definition) is 3. The number of aromatic nitrogens is 1. The topological polar surface area (TPSA) is 30.0 Å². The predicted molar refractivity (Wildman–Crippen MR) is 61.6 cm³/mol. The van der Waals surface area contributed by atoms with Gasteiger partial charge >= 0.3 is 0 Å². The van der Waals surface area contributed by atoms with Crippen LogP contribution in [0.2, 0.25) is 5.02 Å². The van der Waals surface area contributed by atoms with Crippen LogP contribution in [0.25, 0.3) is 0 Å². The second-order valence-electron chi connectivity index (χ2n) is 3.03. The van der Waals surface area contributed by atoms with Gasteiger partial charge in [-0.2, -0.15) is 0 Å². The maximum Gasteiger partial charge on any atom is 0.169 e. The molecule has 0 bridgehead atoms. The lowest BCUT2D eigenvalue weighted by molar-refractivity contribution is 0.0994. The van der Waals surface area contributed by atoms with Gasteiger partial charge in [0.15, 0.2) is 5.78 Å². The second-order valence-corrected chi connectivity index (χ2v) is 4.47. The highest BCUT2D eigenvalue weighted by Gasteiger charge is 2.10. The van der Waals surface area contributed by atoms with Crippen molar-refractivity contribution in [2.24, 2.45) is 0 Å². The van der Waals surface area contributed by atoms with Gasteiger partial charge in [-0.05, 0) is 17.5 Å². The molecule has 76 valence electrons. The largest absolute Gasteiger partial charge is 0.294 e. The number of thiophene rings is 1. The first-order valence-corrected chi connectivity index (χ1v) is 5.68. The Labute approximate surface area is 96.5 Å². The lowest BCUT2D eigenvalue weighted by Gasteiger charge is -2.00. The van der Waals surface area contributed by atoms with Gasteiger partial charge in [0, 0.05) is 29.3 Å². The van der Waals surface area contributed by atoms with Gasteiger partial charge in [-0.15, -0.1) is 11.3 Å². The van der Waals surface area contributed by atoms with Crippen molar-refractivity contribution in [3.63, 3.8) is 0 Å². The number of rotatable bonds is 3. The zero-order chi connectivity index (χ0) is 10.7. The normalized spacial score (nSPS) is 10.2. The van der Waals surface area contributed by atoms with Gasteiger partial charge in [0.25, 0.3) is 0 Å². The van der Waals surface area contributed by atoms with Crippen LogP contribution in [0.1, 0.15) is 15.2 Å². The van der Waals surface area contributed by atoms with Gasteiger partial charge in [0.2, 0.25) is 0 Å². The van der Waals surface area contributed by atoms with Crippen LogP contribution in [0.3, 0.4) is 0 Å². The van der Waals surface area contributed by atoms with Crippen molar-refractivity contribution >= 4 is 28.7 Å². The SMILES string of the molecule is O=C(Cc1cccs1)c1ccncc1Cl. The summed E-state index contributed by atoms with van der Waals surface area (Å²) in [4.78, 5) is 16.7. The minimum Gasteiger partial charge on any atom is -0.294 e. The number of pyridine rings is 1. The summed E-state index contributed by atoms with van der Waals surface area (Å²) in [6.45, 7) is 0. The summed E-state index contributed by atoms with van der Waals surface area (Å²) < 4.78 is 0. The predicted octanol–water partition coefficient (Wildman–Crippen LogP) is 3.22. The van der Waals surface area contributed by atoms with E-state index in [4.69, 9.17) is 11.6 Å². The van der Waals surface area contributed by atoms with Gasteiger partial charge in [-0.3, -0.25) is 9.78 Å². The number of carbonyl (C=O) groups excluding carboxylic acids is 1. The van der Waals surface area contributed by atoms with E-state index in [1.165, 1.54) is 6.20 Å². The molecule has 0 fully saturated rings. The van der Waals surface area contributed by atoms with E-state index in [-0.39, 0.29) is 5.78 Å². The van der Waals surface area contributed by atoms with E-state index >= 15 is 0 Å².